The summed E-state index contributed by atoms with van der Waals surface area (Å²) in [5.41, 5.74) is 0. The van der Waals surface area contributed by atoms with Crippen molar-refractivity contribution < 1.29 is 9.59 Å². The molecule has 2 fully saturated rings. The zero-order chi connectivity index (χ0) is 15.0. The minimum Gasteiger partial charge on any atom is -0.329 e. The molecule has 0 aromatic carbocycles. The molecule has 1 aromatic rings. The van der Waals surface area contributed by atoms with Crippen LogP contribution < -0.4 is 0 Å². The van der Waals surface area contributed by atoms with Crippen molar-refractivity contribution in [1.82, 2.24) is 9.80 Å². The smallest absolute Gasteiger partial charge is 0.246 e. The van der Waals surface area contributed by atoms with Crippen LogP contribution in [0.25, 0.3) is 0 Å². The largest absolute Gasteiger partial charge is 0.329 e. The van der Waals surface area contributed by atoms with Crippen LogP contribution >= 0.6 is 27.3 Å². The highest BCUT2D eigenvalue weighted by atomic mass is 79.9. The molecule has 2 aliphatic rings. The molecule has 2 amide bonds. The molecule has 0 radical (unpaired) electrons. The second kappa shape index (κ2) is 6.08. The molecule has 0 aliphatic carbocycles. The highest BCUT2D eigenvalue weighted by Crippen LogP contribution is 2.29. The fourth-order valence-electron chi connectivity index (χ4n) is 3.33. The standard InChI is InChI=1S/C15H19BrN2O2S/c1-2-11-14(19)17-8-3-4-12(17)15(20)18(11)9-7-10-5-6-13(16)21-10/h5-6,11-12H,2-4,7-9H2,1H3. The summed E-state index contributed by atoms with van der Waals surface area (Å²) in [6.45, 7) is 3.37. The van der Waals surface area contributed by atoms with E-state index in [1.165, 1.54) is 4.88 Å². The van der Waals surface area contributed by atoms with E-state index in [1.54, 1.807) is 16.2 Å². The van der Waals surface area contributed by atoms with Gasteiger partial charge in [0, 0.05) is 18.0 Å². The second-order valence-electron chi connectivity index (χ2n) is 5.60. The zero-order valence-electron chi connectivity index (χ0n) is 12.0. The lowest BCUT2D eigenvalue weighted by atomic mass is 10.0. The van der Waals surface area contributed by atoms with Crippen LogP contribution in [0.5, 0.6) is 0 Å². The van der Waals surface area contributed by atoms with Gasteiger partial charge in [-0.1, -0.05) is 6.92 Å². The Hall–Kier alpha value is -0.880. The molecule has 0 bridgehead atoms. The molecule has 6 heteroatoms. The molecule has 0 spiro atoms. The molecule has 0 saturated carbocycles. The molecule has 4 nitrogen and oxygen atoms in total. The summed E-state index contributed by atoms with van der Waals surface area (Å²) < 4.78 is 1.10. The Morgan fingerprint density at radius 1 is 1.33 bits per heavy atom. The van der Waals surface area contributed by atoms with Crippen molar-refractivity contribution in [2.24, 2.45) is 0 Å². The van der Waals surface area contributed by atoms with Crippen molar-refractivity contribution in [2.75, 3.05) is 13.1 Å². The van der Waals surface area contributed by atoms with Gasteiger partial charge in [0.05, 0.1) is 3.79 Å². The van der Waals surface area contributed by atoms with Crippen LogP contribution in [-0.4, -0.2) is 46.8 Å². The van der Waals surface area contributed by atoms with Gasteiger partial charge >= 0.3 is 0 Å². The third-order valence-corrected chi connectivity index (χ3v) is 6.06. The maximum atomic E-state index is 12.7. The SMILES string of the molecule is CCC1C(=O)N2CCCC2C(=O)N1CCc1ccc(Br)s1. The quantitative estimate of drug-likeness (QED) is 0.817. The van der Waals surface area contributed by atoms with Crippen molar-refractivity contribution in [3.05, 3.63) is 20.8 Å². The molecule has 21 heavy (non-hydrogen) atoms. The van der Waals surface area contributed by atoms with Gasteiger partial charge in [0.15, 0.2) is 0 Å². The minimum absolute atomic E-state index is 0.145. The number of hydrogen-bond donors (Lipinski definition) is 0. The van der Waals surface area contributed by atoms with E-state index in [1.807, 2.05) is 17.9 Å². The third-order valence-electron chi connectivity index (χ3n) is 4.38. The van der Waals surface area contributed by atoms with Crippen LogP contribution in [0.4, 0.5) is 0 Å². The number of carbonyl (C=O) groups excluding carboxylic acids is 2. The van der Waals surface area contributed by atoms with E-state index in [-0.39, 0.29) is 23.9 Å². The van der Waals surface area contributed by atoms with E-state index >= 15 is 0 Å². The van der Waals surface area contributed by atoms with Crippen molar-refractivity contribution >= 4 is 39.1 Å². The van der Waals surface area contributed by atoms with Gasteiger partial charge in [-0.2, -0.15) is 0 Å². The number of rotatable bonds is 4. The molecule has 1 aromatic heterocycles. The first-order valence-electron chi connectivity index (χ1n) is 7.47. The van der Waals surface area contributed by atoms with Gasteiger partial charge in [0.2, 0.25) is 11.8 Å². The molecule has 2 atom stereocenters. The Kier molecular flexibility index (Phi) is 4.36. The van der Waals surface area contributed by atoms with Gasteiger partial charge in [-0.25, -0.2) is 0 Å². The number of hydrogen-bond acceptors (Lipinski definition) is 3. The molecule has 3 heterocycles. The monoisotopic (exact) mass is 370 g/mol. The topological polar surface area (TPSA) is 40.6 Å². The summed E-state index contributed by atoms with van der Waals surface area (Å²) in [5.74, 6) is 0.293. The van der Waals surface area contributed by atoms with E-state index in [4.69, 9.17) is 0 Å². The van der Waals surface area contributed by atoms with Crippen LogP contribution in [0.3, 0.4) is 0 Å². The first kappa shape index (κ1) is 15.0. The number of carbonyl (C=O) groups is 2. The third kappa shape index (κ3) is 2.75. The van der Waals surface area contributed by atoms with Gasteiger partial charge in [0.1, 0.15) is 12.1 Å². The fourth-order valence-corrected chi connectivity index (χ4v) is 4.81. The summed E-state index contributed by atoms with van der Waals surface area (Å²) in [4.78, 5) is 30.1. The Labute approximate surface area is 137 Å². The van der Waals surface area contributed by atoms with Gasteiger partial charge < -0.3 is 9.80 Å². The summed E-state index contributed by atoms with van der Waals surface area (Å²) in [6.07, 6.45) is 3.28. The lowest BCUT2D eigenvalue weighted by Gasteiger charge is -2.42. The van der Waals surface area contributed by atoms with Crippen molar-refractivity contribution in [3.8, 4) is 0 Å². The van der Waals surface area contributed by atoms with Gasteiger partial charge in [-0.05, 0) is 53.7 Å². The van der Waals surface area contributed by atoms with Crippen LogP contribution in [0.15, 0.2) is 15.9 Å². The summed E-state index contributed by atoms with van der Waals surface area (Å²) >= 11 is 5.15. The Balaban J connectivity index is 1.75. The minimum atomic E-state index is -0.268. The zero-order valence-corrected chi connectivity index (χ0v) is 14.5. The van der Waals surface area contributed by atoms with E-state index in [0.29, 0.717) is 13.0 Å². The second-order valence-corrected chi connectivity index (χ2v) is 8.15. The van der Waals surface area contributed by atoms with E-state index in [0.717, 1.165) is 29.6 Å². The lowest BCUT2D eigenvalue weighted by molar-refractivity contribution is -0.159. The highest BCUT2D eigenvalue weighted by molar-refractivity contribution is 9.11. The van der Waals surface area contributed by atoms with Gasteiger partial charge in [-0.15, -0.1) is 11.3 Å². The van der Waals surface area contributed by atoms with E-state index in [9.17, 15) is 9.59 Å². The van der Waals surface area contributed by atoms with Crippen molar-refractivity contribution in [3.63, 3.8) is 0 Å². The Bertz CT molecular complexity index is 560. The molecular formula is C15H19BrN2O2S. The first-order chi connectivity index (χ1) is 10.1. The number of piperazine rings is 1. The predicted octanol–water partition coefficient (Wildman–Crippen LogP) is 2.66. The lowest BCUT2D eigenvalue weighted by Crippen LogP contribution is -2.62. The number of fused-ring (bicyclic) bond motifs is 1. The maximum Gasteiger partial charge on any atom is 0.246 e. The van der Waals surface area contributed by atoms with Crippen molar-refractivity contribution in [1.29, 1.82) is 0 Å². The number of thiophene rings is 1. The average Bonchev–Trinajstić information content (AvgIpc) is 3.10. The highest BCUT2D eigenvalue weighted by Gasteiger charge is 2.46. The average molecular weight is 371 g/mol. The molecule has 3 rings (SSSR count). The Morgan fingerprint density at radius 2 is 2.14 bits per heavy atom. The summed E-state index contributed by atoms with van der Waals surface area (Å²) in [5, 5.41) is 0. The summed E-state index contributed by atoms with van der Waals surface area (Å²) in [7, 11) is 0. The van der Waals surface area contributed by atoms with Crippen LogP contribution in [0, 0.1) is 0 Å². The number of amides is 2. The van der Waals surface area contributed by atoms with Gasteiger partial charge in [-0.3, -0.25) is 9.59 Å². The van der Waals surface area contributed by atoms with E-state index in [2.05, 4.69) is 22.0 Å². The first-order valence-corrected chi connectivity index (χ1v) is 9.08. The normalized spacial score (nSPS) is 25.6. The number of nitrogens with zero attached hydrogens (tertiary/aromatic N) is 2. The number of halogens is 1. The molecular weight excluding hydrogens is 352 g/mol. The molecule has 0 N–H and O–H groups in total. The van der Waals surface area contributed by atoms with Crippen LogP contribution in [-0.2, 0) is 16.0 Å². The Morgan fingerprint density at radius 3 is 2.81 bits per heavy atom. The fraction of sp³-hybridized carbons (Fsp3) is 0.600. The van der Waals surface area contributed by atoms with Crippen LogP contribution in [0.1, 0.15) is 31.1 Å². The van der Waals surface area contributed by atoms with Crippen LogP contribution in [0.2, 0.25) is 0 Å². The van der Waals surface area contributed by atoms with Gasteiger partial charge in [0.25, 0.3) is 0 Å². The molecule has 2 unspecified atom stereocenters. The maximum absolute atomic E-state index is 12.7. The molecule has 2 aliphatic heterocycles. The van der Waals surface area contributed by atoms with Crippen molar-refractivity contribution in [2.45, 2.75) is 44.7 Å². The predicted molar refractivity (Wildman–Crippen MR) is 86.3 cm³/mol. The summed E-state index contributed by atoms with van der Waals surface area (Å²) in [6, 6.07) is 3.64. The van der Waals surface area contributed by atoms with E-state index < -0.39 is 0 Å². The molecule has 2 saturated heterocycles. The molecule has 114 valence electrons.